The van der Waals surface area contributed by atoms with Gasteiger partial charge in [0.15, 0.2) is 0 Å². The minimum absolute atomic E-state index is 0.367. The van der Waals surface area contributed by atoms with Crippen molar-refractivity contribution in [3.8, 4) is 11.8 Å². The zero-order chi connectivity index (χ0) is 10.6. The molecule has 3 nitrogen and oxygen atoms in total. The van der Waals surface area contributed by atoms with E-state index >= 15 is 0 Å². The number of nitriles is 1. The van der Waals surface area contributed by atoms with Gasteiger partial charge in [-0.1, -0.05) is 12.7 Å². The number of esters is 1. The molecule has 0 saturated carbocycles. The predicted molar refractivity (Wildman–Crippen MR) is 52.6 cm³/mol. The van der Waals surface area contributed by atoms with Gasteiger partial charge in [-0.05, 0) is 23.8 Å². The highest BCUT2D eigenvalue weighted by atomic mass is 16.5. The SMILES string of the molecule is C=Cc1cc(C#N)cc(OC(C)=O)c1. The molecule has 0 fully saturated rings. The van der Waals surface area contributed by atoms with E-state index in [1.54, 1.807) is 18.2 Å². The van der Waals surface area contributed by atoms with Gasteiger partial charge < -0.3 is 4.74 Å². The van der Waals surface area contributed by atoms with Crippen LogP contribution in [0.3, 0.4) is 0 Å². The Labute approximate surface area is 82.2 Å². The largest absolute Gasteiger partial charge is 0.427 e. The van der Waals surface area contributed by atoms with Crippen LogP contribution < -0.4 is 4.74 Å². The van der Waals surface area contributed by atoms with Crippen molar-refractivity contribution in [1.29, 1.82) is 5.26 Å². The van der Waals surface area contributed by atoms with Gasteiger partial charge in [-0.3, -0.25) is 4.79 Å². The quantitative estimate of drug-likeness (QED) is 0.526. The molecular weight excluding hydrogens is 178 g/mol. The molecule has 0 aliphatic heterocycles. The third-order valence-corrected chi connectivity index (χ3v) is 1.56. The molecule has 70 valence electrons. The van der Waals surface area contributed by atoms with Gasteiger partial charge in [0.05, 0.1) is 11.6 Å². The number of nitrogens with zero attached hydrogens (tertiary/aromatic N) is 1. The Hall–Kier alpha value is -2.08. The van der Waals surface area contributed by atoms with Crippen LogP contribution in [-0.2, 0) is 4.79 Å². The summed E-state index contributed by atoms with van der Waals surface area (Å²) in [6.07, 6.45) is 1.59. The van der Waals surface area contributed by atoms with Gasteiger partial charge in [0.25, 0.3) is 0 Å². The predicted octanol–water partition coefficient (Wildman–Crippen LogP) is 2.13. The first-order valence-corrected chi connectivity index (χ1v) is 4.01. The molecule has 0 aliphatic rings. The van der Waals surface area contributed by atoms with Crippen LogP contribution in [0.25, 0.3) is 6.08 Å². The molecule has 0 amide bonds. The Bertz CT molecular complexity index is 416. The summed E-state index contributed by atoms with van der Waals surface area (Å²) in [4.78, 5) is 10.7. The molecule has 0 N–H and O–H groups in total. The van der Waals surface area contributed by atoms with Crippen LogP contribution in [0, 0.1) is 11.3 Å². The van der Waals surface area contributed by atoms with Crippen LogP contribution in [-0.4, -0.2) is 5.97 Å². The molecule has 14 heavy (non-hydrogen) atoms. The molecule has 0 bridgehead atoms. The molecule has 1 aromatic rings. The van der Waals surface area contributed by atoms with Gasteiger partial charge in [0, 0.05) is 6.92 Å². The van der Waals surface area contributed by atoms with E-state index in [-0.39, 0.29) is 0 Å². The van der Waals surface area contributed by atoms with Gasteiger partial charge in [-0.25, -0.2) is 0 Å². The molecule has 1 rings (SSSR count). The molecule has 0 spiro atoms. The average molecular weight is 187 g/mol. The van der Waals surface area contributed by atoms with E-state index in [0.29, 0.717) is 11.3 Å². The maximum atomic E-state index is 10.7. The highest BCUT2D eigenvalue weighted by Gasteiger charge is 2.01. The Morgan fingerprint density at radius 2 is 2.29 bits per heavy atom. The summed E-state index contributed by atoms with van der Waals surface area (Å²) in [5, 5.41) is 8.69. The normalized spacial score (nSPS) is 8.86. The molecule has 0 radical (unpaired) electrons. The second kappa shape index (κ2) is 4.24. The van der Waals surface area contributed by atoms with Crippen LogP contribution in [0.4, 0.5) is 0 Å². The zero-order valence-electron chi connectivity index (χ0n) is 7.78. The van der Waals surface area contributed by atoms with Crippen molar-refractivity contribution in [2.75, 3.05) is 0 Å². The fourth-order valence-corrected chi connectivity index (χ4v) is 1.03. The number of hydrogen-bond acceptors (Lipinski definition) is 3. The lowest BCUT2D eigenvalue weighted by molar-refractivity contribution is -0.131. The number of ether oxygens (including phenoxy) is 1. The third kappa shape index (κ3) is 2.46. The van der Waals surface area contributed by atoms with Crippen LogP contribution in [0.2, 0.25) is 0 Å². The Morgan fingerprint density at radius 1 is 1.57 bits per heavy atom. The lowest BCUT2D eigenvalue weighted by atomic mass is 10.1. The maximum Gasteiger partial charge on any atom is 0.308 e. The molecule has 3 heteroatoms. The van der Waals surface area contributed by atoms with Gasteiger partial charge in [-0.15, -0.1) is 0 Å². The number of carbonyl (C=O) groups is 1. The van der Waals surface area contributed by atoms with Gasteiger partial charge in [0.1, 0.15) is 5.75 Å². The van der Waals surface area contributed by atoms with Crippen molar-refractivity contribution in [2.24, 2.45) is 0 Å². The number of hydrogen-bond donors (Lipinski definition) is 0. The van der Waals surface area contributed by atoms with Gasteiger partial charge in [0.2, 0.25) is 0 Å². The van der Waals surface area contributed by atoms with Crippen LogP contribution in [0.1, 0.15) is 18.1 Å². The van der Waals surface area contributed by atoms with E-state index in [4.69, 9.17) is 10.00 Å². The van der Waals surface area contributed by atoms with Crippen molar-refractivity contribution in [1.82, 2.24) is 0 Å². The lowest BCUT2D eigenvalue weighted by Crippen LogP contribution is -2.01. The highest BCUT2D eigenvalue weighted by molar-refractivity contribution is 5.70. The Balaban J connectivity index is 3.12. The van der Waals surface area contributed by atoms with E-state index in [0.717, 1.165) is 5.56 Å². The summed E-state index contributed by atoms with van der Waals surface area (Å²) in [7, 11) is 0. The standard InChI is InChI=1S/C11H9NO2/c1-3-9-4-10(7-12)6-11(5-9)14-8(2)13/h3-6H,1H2,2H3. The second-order valence-corrected chi connectivity index (χ2v) is 2.70. The summed E-state index contributed by atoms with van der Waals surface area (Å²) in [5.41, 5.74) is 1.19. The van der Waals surface area contributed by atoms with Gasteiger partial charge in [-0.2, -0.15) is 5.26 Å². The van der Waals surface area contributed by atoms with Crippen molar-refractivity contribution >= 4 is 12.0 Å². The molecule has 0 aromatic heterocycles. The third-order valence-electron chi connectivity index (χ3n) is 1.56. The van der Waals surface area contributed by atoms with Crippen molar-refractivity contribution < 1.29 is 9.53 Å². The molecule has 0 atom stereocenters. The Morgan fingerprint density at radius 3 is 2.79 bits per heavy atom. The number of carbonyl (C=O) groups excluding carboxylic acids is 1. The second-order valence-electron chi connectivity index (χ2n) is 2.70. The molecule has 1 aromatic carbocycles. The first-order chi connectivity index (χ1) is 6.65. The zero-order valence-corrected chi connectivity index (χ0v) is 7.78. The van der Waals surface area contributed by atoms with E-state index < -0.39 is 5.97 Å². The van der Waals surface area contributed by atoms with Crippen LogP contribution in [0.15, 0.2) is 24.8 Å². The first-order valence-electron chi connectivity index (χ1n) is 4.01. The molecule has 0 heterocycles. The van der Waals surface area contributed by atoms with E-state index in [2.05, 4.69) is 6.58 Å². The van der Waals surface area contributed by atoms with Crippen LogP contribution >= 0.6 is 0 Å². The fourth-order valence-electron chi connectivity index (χ4n) is 1.03. The summed E-state index contributed by atoms with van der Waals surface area (Å²) in [6.45, 7) is 4.89. The maximum absolute atomic E-state index is 10.7. The number of benzene rings is 1. The van der Waals surface area contributed by atoms with Crippen LogP contribution in [0.5, 0.6) is 5.75 Å². The molecule has 0 unspecified atom stereocenters. The summed E-state index contributed by atoms with van der Waals surface area (Å²) >= 11 is 0. The molecule has 0 aliphatic carbocycles. The minimum atomic E-state index is -0.407. The summed E-state index contributed by atoms with van der Waals surface area (Å²) in [5.74, 6) is -0.0402. The topological polar surface area (TPSA) is 50.1 Å². The highest BCUT2D eigenvalue weighted by Crippen LogP contribution is 2.17. The van der Waals surface area contributed by atoms with E-state index in [1.807, 2.05) is 6.07 Å². The molecular formula is C11H9NO2. The van der Waals surface area contributed by atoms with Crippen molar-refractivity contribution in [3.63, 3.8) is 0 Å². The first kappa shape index (κ1) is 10.0. The van der Waals surface area contributed by atoms with Crippen molar-refractivity contribution in [2.45, 2.75) is 6.92 Å². The van der Waals surface area contributed by atoms with Gasteiger partial charge >= 0.3 is 5.97 Å². The Kier molecular flexibility index (Phi) is 3.03. The number of rotatable bonds is 2. The van der Waals surface area contributed by atoms with E-state index in [1.165, 1.54) is 13.0 Å². The average Bonchev–Trinajstić information content (AvgIpc) is 2.16. The summed E-state index contributed by atoms with van der Waals surface area (Å²) < 4.78 is 4.86. The molecule has 0 saturated heterocycles. The smallest absolute Gasteiger partial charge is 0.308 e. The lowest BCUT2D eigenvalue weighted by Gasteiger charge is -2.02. The monoisotopic (exact) mass is 187 g/mol. The summed E-state index contributed by atoms with van der Waals surface area (Å²) in [6, 6.07) is 6.80. The van der Waals surface area contributed by atoms with E-state index in [9.17, 15) is 4.79 Å². The van der Waals surface area contributed by atoms with Crippen molar-refractivity contribution in [3.05, 3.63) is 35.9 Å². The fraction of sp³-hybridized carbons (Fsp3) is 0.0909. The minimum Gasteiger partial charge on any atom is -0.427 e.